The average molecular weight is 415 g/mol. The molecule has 30 heavy (non-hydrogen) atoms. The van der Waals surface area contributed by atoms with Crippen LogP contribution in [0, 0.1) is 5.41 Å². The minimum Gasteiger partial charge on any atom is -0.365 e. The van der Waals surface area contributed by atoms with Gasteiger partial charge in [-0.25, -0.2) is 4.98 Å². The maximum absolute atomic E-state index is 13.3. The quantitative estimate of drug-likeness (QED) is 0.628. The zero-order valence-corrected chi connectivity index (χ0v) is 17.0. The van der Waals surface area contributed by atoms with Crippen LogP contribution in [-0.4, -0.2) is 28.0 Å². The van der Waals surface area contributed by atoms with E-state index in [1.165, 1.54) is 12.1 Å². The normalized spacial score (nSPS) is 16.6. The van der Waals surface area contributed by atoms with Crippen molar-refractivity contribution in [1.82, 2.24) is 15.0 Å². The fraction of sp³-hybridized carbons (Fsp3) is 0.409. The summed E-state index contributed by atoms with van der Waals surface area (Å²) in [6.07, 6.45) is -0.697. The standard InChI is InChI=1S/C22H24F3N5/c1-21(2)9-12-30(13-10-21)20-28-18-16(7-5-11-26-18)19(29-20)27-14-15-6-3-4-8-17(15)22(23,24)25/h3-8,11H,9-10,12-14H2,1-2H3,(H,26,27,28,29). The van der Waals surface area contributed by atoms with Crippen molar-refractivity contribution in [2.24, 2.45) is 5.41 Å². The summed E-state index contributed by atoms with van der Waals surface area (Å²) in [5.74, 6) is 1.05. The molecule has 0 amide bonds. The second-order valence-electron chi connectivity index (χ2n) is 8.41. The van der Waals surface area contributed by atoms with Crippen molar-refractivity contribution in [3.05, 3.63) is 53.7 Å². The molecule has 0 saturated carbocycles. The Hall–Kier alpha value is -2.90. The Bertz CT molecular complexity index is 1040. The van der Waals surface area contributed by atoms with Crippen LogP contribution in [0.2, 0.25) is 0 Å². The van der Waals surface area contributed by atoms with E-state index < -0.39 is 11.7 Å². The first kappa shape index (κ1) is 20.4. The number of pyridine rings is 1. The minimum absolute atomic E-state index is 0.00314. The highest BCUT2D eigenvalue weighted by Gasteiger charge is 2.33. The SMILES string of the molecule is CC1(C)CCN(c2nc(NCc3ccccc3C(F)(F)F)c3cccnc3n2)CC1. The second-order valence-corrected chi connectivity index (χ2v) is 8.41. The van der Waals surface area contributed by atoms with Gasteiger partial charge in [-0.05, 0) is 42.0 Å². The van der Waals surface area contributed by atoms with Crippen molar-refractivity contribution in [1.29, 1.82) is 0 Å². The number of nitrogens with one attached hydrogen (secondary N) is 1. The van der Waals surface area contributed by atoms with Gasteiger partial charge in [0, 0.05) is 25.8 Å². The first-order valence-corrected chi connectivity index (χ1v) is 10.00. The Morgan fingerprint density at radius 1 is 1.03 bits per heavy atom. The maximum atomic E-state index is 13.3. The molecule has 8 heteroatoms. The van der Waals surface area contributed by atoms with Crippen molar-refractivity contribution in [3.63, 3.8) is 0 Å². The molecular weight excluding hydrogens is 391 g/mol. The summed E-state index contributed by atoms with van der Waals surface area (Å²) in [5, 5.41) is 3.78. The largest absolute Gasteiger partial charge is 0.416 e. The van der Waals surface area contributed by atoms with E-state index in [2.05, 4.69) is 39.0 Å². The molecule has 0 spiro atoms. The molecule has 0 aliphatic carbocycles. The van der Waals surface area contributed by atoms with Crippen molar-refractivity contribution in [2.75, 3.05) is 23.3 Å². The highest BCUT2D eigenvalue weighted by Crippen LogP contribution is 2.34. The van der Waals surface area contributed by atoms with E-state index in [9.17, 15) is 13.2 Å². The van der Waals surface area contributed by atoms with E-state index in [0.29, 0.717) is 22.8 Å². The lowest BCUT2D eigenvalue weighted by atomic mass is 9.83. The van der Waals surface area contributed by atoms with Crippen LogP contribution in [-0.2, 0) is 12.7 Å². The summed E-state index contributed by atoms with van der Waals surface area (Å²) >= 11 is 0. The van der Waals surface area contributed by atoms with Gasteiger partial charge in [-0.1, -0.05) is 32.0 Å². The Kier molecular flexibility index (Phi) is 5.26. The zero-order valence-electron chi connectivity index (χ0n) is 17.0. The summed E-state index contributed by atoms with van der Waals surface area (Å²) in [6.45, 7) is 6.17. The van der Waals surface area contributed by atoms with Gasteiger partial charge in [0.2, 0.25) is 5.95 Å². The maximum Gasteiger partial charge on any atom is 0.416 e. The molecule has 1 saturated heterocycles. The molecule has 1 aromatic carbocycles. The number of aromatic nitrogens is 3. The number of hydrogen-bond acceptors (Lipinski definition) is 5. The molecular formula is C22H24F3N5. The highest BCUT2D eigenvalue weighted by atomic mass is 19.4. The van der Waals surface area contributed by atoms with E-state index in [1.54, 1.807) is 18.3 Å². The zero-order chi connectivity index (χ0) is 21.4. The lowest BCUT2D eigenvalue weighted by Crippen LogP contribution is -2.38. The van der Waals surface area contributed by atoms with Crippen molar-refractivity contribution in [3.8, 4) is 0 Å². The van der Waals surface area contributed by atoms with Crippen LogP contribution in [0.25, 0.3) is 11.0 Å². The Balaban J connectivity index is 1.64. The van der Waals surface area contributed by atoms with Crippen LogP contribution >= 0.6 is 0 Å². The number of halogens is 3. The average Bonchev–Trinajstić information content (AvgIpc) is 2.71. The first-order valence-electron chi connectivity index (χ1n) is 10.00. The predicted molar refractivity (Wildman–Crippen MR) is 111 cm³/mol. The van der Waals surface area contributed by atoms with Crippen molar-refractivity contribution < 1.29 is 13.2 Å². The van der Waals surface area contributed by atoms with Crippen LogP contribution in [0.1, 0.15) is 37.8 Å². The molecule has 4 rings (SSSR count). The van der Waals surface area contributed by atoms with Gasteiger partial charge >= 0.3 is 6.18 Å². The molecule has 158 valence electrons. The fourth-order valence-corrected chi connectivity index (χ4v) is 3.67. The van der Waals surface area contributed by atoms with Gasteiger partial charge in [-0.15, -0.1) is 0 Å². The van der Waals surface area contributed by atoms with Crippen molar-refractivity contribution >= 4 is 22.8 Å². The number of hydrogen-bond donors (Lipinski definition) is 1. The number of nitrogens with zero attached hydrogens (tertiary/aromatic N) is 4. The third-order valence-electron chi connectivity index (χ3n) is 5.63. The highest BCUT2D eigenvalue weighted by molar-refractivity contribution is 5.87. The Morgan fingerprint density at radius 3 is 2.50 bits per heavy atom. The molecule has 5 nitrogen and oxygen atoms in total. The Morgan fingerprint density at radius 2 is 1.77 bits per heavy atom. The van der Waals surface area contributed by atoms with Crippen LogP contribution in [0.3, 0.4) is 0 Å². The monoisotopic (exact) mass is 415 g/mol. The molecule has 3 heterocycles. The summed E-state index contributed by atoms with van der Waals surface area (Å²) in [5.41, 5.74) is 0.335. The number of anilines is 2. The van der Waals surface area contributed by atoms with Crippen LogP contribution in [0.5, 0.6) is 0 Å². The van der Waals surface area contributed by atoms with Gasteiger partial charge < -0.3 is 10.2 Å². The minimum atomic E-state index is -4.40. The summed E-state index contributed by atoms with van der Waals surface area (Å²) < 4.78 is 40.0. The van der Waals surface area contributed by atoms with Gasteiger partial charge in [0.05, 0.1) is 10.9 Å². The molecule has 0 atom stereocenters. The van der Waals surface area contributed by atoms with E-state index in [0.717, 1.165) is 32.0 Å². The second kappa shape index (κ2) is 7.74. The molecule has 0 unspecified atom stereocenters. The van der Waals surface area contributed by atoms with E-state index in [4.69, 9.17) is 0 Å². The first-order chi connectivity index (χ1) is 14.2. The fourth-order valence-electron chi connectivity index (χ4n) is 3.67. The predicted octanol–water partition coefficient (Wildman–Crippen LogP) is 5.28. The van der Waals surface area contributed by atoms with Crippen LogP contribution in [0.15, 0.2) is 42.6 Å². The summed E-state index contributed by atoms with van der Waals surface area (Å²) in [7, 11) is 0. The number of alkyl halides is 3. The van der Waals surface area contributed by atoms with Crippen LogP contribution < -0.4 is 10.2 Å². The van der Waals surface area contributed by atoms with Gasteiger partial charge in [-0.2, -0.15) is 23.1 Å². The molecule has 1 aliphatic rings. The molecule has 0 radical (unpaired) electrons. The van der Waals surface area contributed by atoms with Crippen LogP contribution in [0.4, 0.5) is 24.9 Å². The van der Waals surface area contributed by atoms with E-state index >= 15 is 0 Å². The molecule has 2 aromatic heterocycles. The number of benzene rings is 1. The third-order valence-corrected chi connectivity index (χ3v) is 5.63. The topological polar surface area (TPSA) is 53.9 Å². The summed E-state index contributed by atoms with van der Waals surface area (Å²) in [4.78, 5) is 15.7. The lowest BCUT2D eigenvalue weighted by Gasteiger charge is -2.37. The number of rotatable bonds is 4. The number of piperidine rings is 1. The molecule has 1 fully saturated rings. The van der Waals surface area contributed by atoms with Gasteiger partial charge in [0.1, 0.15) is 5.82 Å². The Labute approximate surface area is 173 Å². The molecule has 0 bridgehead atoms. The van der Waals surface area contributed by atoms with Gasteiger partial charge in [-0.3, -0.25) is 0 Å². The van der Waals surface area contributed by atoms with E-state index in [1.807, 2.05) is 6.07 Å². The van der Waals surface area contributed by atoms with Gasteiger partial charge in [0.15, 0.2) is 5.65 Å². The summed E-state index contributed by atoms with van der Waals surface area (Å²) in [6, 6.07) is 9.16. The van der Waals surface area contributed by atoms with Gasteiger partial charge in [0.25, 0.3) is 0 Å². The smallest absolute Gasteiger partial charge is 0.365 e. The third kappa shape index (κ3) is 4.32. The molecule has 3 aromatic rings. The molecule has 1 N–H and O–H groups in total. The molecule has 1 aliphatic heterocycles. The van der Waals surface area contributed by atoms with Crippen molar-refractivity contribution in [2.45, 2.75) is 39.4 Å². The number of fused-ring (bicyclic) bond motifs is 1. The van der Waals surface area contributed by atoms with E-state index in [-0.39, 0.29) is 17.5 Å². The lowest BCUT2D eigenvalue weighted by molar-refractivity contribution is -0.138.